The zero-order valence-corrected chi connectivity index (χ0v) is 61.8. The molecular formula is C73H142O17P2. The van der Waals surface area contributed by atoms with Crippen LogP contribution in [-0.2, 0) is 65.4 Å². The number of carbonyl (C=O) groups excluding carboxylic acids is 4. The van der Waals surface area contributed by atoms with Crippen LogP contribution in [0.3, 0.4) is 0 Å². The third-order valence-corrected chi connectivity index (χ3v) is 18.8. The molecule has 5 atom stereocenters. The first-order valence-corrected chi connectivity index (χ1v) is 40.8. The lowest BCUT2D eigenvalue weighted by Crippen LogP contribution is -2.30. The van der Waals surface area contributed by atoms with Crippen LogP contribution in [-0.4, -0.2) is 96.7 Å². The second-order valence-electron chi connectivity index (χ2n) is 27.8. The SMILES string of the molecule is CCCCCCCCCCCCCCCCC(=O)O[C@H](COC(=O)CCCCCCCCCCCCC(C)C)COP(=O)(O)OC[C@@H](O)COP(=O)(O)OC[C@@H](COC(=O)CCCCCCCCCCCC(C)C)OC(=O)CCCCCCCCCCCCC(C)C. The van der Waals surface area contributed by atoms with Crippen LogP contribution >= 0.6 is 15.6 Å². The average molecular weight is 1350 g/mol. The molecule has 0 saturated heterocycles. The molecule has 0 aliphatic carbocycles. The number of ether oxygens (including phenoxy) is 4. The zero-order chi connectivity index (χ0) is 68.0. The van der Waals surface area contributed by atoms with E-state index in [1.807, 2.05) is 0 Å². The number of hydrogen-bond acceptors (Lipinski definition) is 15. The fourth-order valence-corrected chi connectivity index (χ4v) is 12.7. The van der Waals surface area contributed by atoms with Crippen molar-refractivity contribution in [3.63, 3.8) is 0 Å². The molecule has 0 heterocycles. The van der Waals surface area contributed by atoms with Crippen LogP contribution in [0.25, 0.3) is 0 Å². The van der Waals surface area contributed by atoms with Crippen molar-refractivity contribution in [1.29, 1.82) is 0 Å². The van der Waals surface area contributed by atoms with Gasteiger partial charge in [-0.15, -0.1) is 0 Å². The summed E-state index contributed by atoms with van der Waals surface area (Å²) in [5.41, 5.74) is 0. The van der Waals surface area contributed by atoms with E-state index < -0.39 is 97.5 Å². The van der Waals surface area contributed by atoms with Gasteiger partial charge in [-0.3, -0.25) is 37.3 Å². The number of aliphatic hydroxyl groups excluding tert-OH is 1. The van der Waals surface area contributed by atoms with E-state index in [2.05, 4.69) is 48.5 Å². The number of carbonyl (C=O) groups is 4. The van der Waals surface area contributed by atoms with Gasteiger partial charge in [-0.25, -0.2) is 9.13 Å². The minimum atomic E-state index is -4.95. The van der Waals surface area contributed by atoms with Gasteiger partial charge in [0.15, 0.2) is 12.2 Å². The maximum absolute atomic E-state index is 13.0. The molecule has 0 fully saturated rings. The first kappa shape index (κ1) is 90.1. The standard InChI is InChI=1S/C73H142O17P2/c1-8-9-10-11-12-13-14-15-16-17-27-35-42-49-56-72(77)89-68(60-83-70(75)54-47-40-33-26-20-18-23-30-37-44-51-64(2)3)62-87-91(79,80)85-58-67(74)59-86-92(81,82)88-63-69(61-84-71(76)55-48-41-34-29-22-25-32-39-46-53-66(6)7)90-73(78)57-50-43-36-28-21-19-24-31-38-45-52-65(4)5/h64-69,74H,8-63H2,1-7H3,(H,79,80)(H,81,82)/t67-,68-,69-/m1/s1. The molecule has 0 rings (SSSR count). The van der Waals surface area contributed by atoms with Crippen LogP contribution in [0.15, 0.2) is 0 Å². The van der Waals surface area contributed by atoms with Crippen molar-refractivity contribution >= 4 is 39.5 Å². The number of unbranched alkanes of at least 4 members (excludes halogenated alkanes) is 39. The molecule has 0 amide bonds. The van der Waals surface area contributed by atoms with Crippen LogP contribution in [0.5, 0.6) is 0 Å². The predicted molar refractivity (Wildman–Crippen MR) is 372 cm³/mol. The van der Waals surface area contributed by atoms with Crippen LogP contribution in [0, 0.1) is 17.8 Å². The Labute approximate surface area is 562 Å². The van der Waals surface area contributed by atoms with E-state index >= 15 is 0 Å². The van der Waals surface area contributed by atoms with Gasteiger partial charge in [-0.2, -0.15) is 0 Å². The van der Waals surface area contributed by atoms with Gasteiger partial charge in [0.1, 0.15) is 19.3 Å². The molecule has 0 aliphatic rings. The Hall–Kier alpha value is -1.94. The van der Waals surface area contributed by atoms with Crippen molar-refractivity contribution in [2.45, 2.75) is 388 Å². The van der Waals surface area contributed by atoms with Crippen molar-refractivity contribution in [2.75, 3.05) is 39.6 Å². The molecule has 3 N–H and O–H groups in total. The highest BCUT2D eigenvalue weighted by Crippen LogP contribution is 2.45. The second kappa shape index (κ2) is 63.8. The summed E-state index contributed by atoms with van der Waals surface area (Å²) in [4.78, 5) is 72.7. The first-order chi connectivity index (χ1) is 44.2. The Kier molecular flexibility index (Phi) is 62.4. The molecule has 2 unspecified atom stereocenters. The smallest absolute Gasteiger partial charge is 0.462 e. The number of phosphoric ester groups is 2. The van der Waals surface area contributed by atoms with Gasteiger partial charge in [0.25, 0.3) is 0 Å². The highest BCUT2D eigenvalue weighted by molar-refractivity contribution is 7.47. The van der Waals surface area contributed by atoms with E-state index in [-0.39, 0.29) is 25.7 Å². The fraction of sp³-hybridized carbons (Fsp3) is 0.945. The summed E-state index contributed by atoms with van der Waals surface area (Å²) in [5, 5.41) is 10.6. The highest BCUT2D eigenvalue weighted by Gasteiger charge is 2.30. The van der Waals surface area contributed by atoms with E-state index in [4.69, 9.17) is 37.0 Å². The van der Waals surface area contributed by atoms with Gasteiger partial charge in [0, 0.05) is 25.7 Å². The van der Waals surface area contributed by atoms with Crippen LogP contribution < -0.4 is 0 Å². The van der Waals surface area contributed by atoms with Crippen LogP contribution in [0.4, 0.5) is 0 Å². The van der Waals surface area contributed by atoms with E-state index in [0.29, 0.717) is 25.7 Å². The summed E-state index contributed by atoms with van der Waals surface area (Å²) in [5.74, 6) is 0.134. The van der Waals surface area contributed by atoms with Crippen LogP contribution in [0.2, 0.25) is 0 Å². The molecular weight excluding hydrogens is 1210 g/mol. The Morgan fingerprint density at radius 1 is 0.293 bits per heavy atom. The monoisotopic (exact) mass is 1350 g/mol. The molecule has 546 valence electrons. The molecule has 92 heavy (non-hydrogen) atoms. The van der Waals surface area contributed by atoms with E-state index in [1.54, 1.807) is 0 Å². The number of rotatable bonds is 71. The quantitative estimate of drug-likeness (QED) is 0.0222. The van der Waals surface area contributed by atoms with Crippen molar-refractivity contribution < 1.29 is 80.2 Å². The molecule has 0 aliphatic heterocycles. The van der Waals surface area contributed by atoms with E-state index in [0.717, 1.165) is 108 Å². The third-order valence-electron chi connectivity index (χ3n) is 16.9. The number of esters is 4. The fourth-order valence-electron chi connectivity index (χ4n) is 11.1. The van der Waals surface area contributed by atoms with Gasteiger partial charge in [0.05, 0.1) is 26.4 Å². The molecule has 17 nitrogen and oxygen atoms in total. The molecule has 0 bridgehead atoms. The van der Waals surface area contributed by atoms with Gasteiger partial charge < -0.3 is 33.8 Å². The summed E-state index contributed by atoms with van der Waals surface area (Å²) < 4.78 is 68.4. The van der Waals surface area contributed by atoms with Crippen LogP contribution in [0.1, 0.15) is 370 Å². The Balaban J connectivity index is 5.27. The van der Waals surface area contributed by atoms with Crippen molar-refractivity contribution in [3.8, 4) is 0 Å². The van der Waals surface area contributed by atoms with E-state index in [9.17, 15) is 43.2 Å². The molecule has 0 saturated carbocycles. The summed E-state index contributed by atoms with van der Waals surface area (Å²) in [6, 6.07) is 0. The minimum Gasteiger partial charge on any atom is -0.462 e. The van der Waals surface area contributed by atoms with Gasteiger partial charge >= 0.3 is 39.5 Å². The summed E-state index contributed by atoms with van der Waals surface area (Å²) >= 11 is 0. The maximum Gasteiger partial charge on any atom is 0.472 e. The Morgan fingerprint density at radius 2 is 0.500 bits per heavy atom. The Morgan fingerprint density at radius 3 is 0.739 bits per heavy atom. The molecule has 0 aromatic carbocycles. The lowest BCUT2D eigenvalue weighted by molar-refractivity contribution is -0.161. The maximum atomic E-state index is 13.0. The number of hydrogen-bond donors (Lipinski definition) is 3. The molecule has 0 spiro atoms. The molecule has 19 heteroatoms. The minimum absolute atomic E-state index is 0.105. The summed E-state index contributed by atoms with van der Waals surface area (Å²) in [7, 11) is -9.91. The van der Waals surface area contributed by atoms with E-state index in [1.165, 1.54) is 180 Å². The average Bonchev–Trinajstić information content (AvgIpc) is 2.85. The van der Waals surface area contributed by atoms with Crippen molar-refractivity contribution in [2.24, 2.45) is 17.8 Å². The number of phosphoric acid groups is 2. The Bertz CT molecular complexity index is 1800. The molecule has 0 aromatic rings. The zero-order valence-electron chi connectivity index (χ0n) is 60.0. The topological polar surface area (TPSA) is 237 Å². The largest absolute Gasteiger partial charge is 0.472 e. The summed E-state index contributed by atoms with van der Waals surface area (Å²) in [6.45, 7) is 11.8. The summed E-state index contributed by atoms with van der Waals surface area (Å²) in [6.07, 6.45) is 48.5. The lowest BCUT2D eigenvalue weighted by atomic mass is 10.0. The van der Waals surface area contributed by atoms with Gasteiger partial charge in [0.2, 0.25) is 0 Å². The van der Waals surface area contributed by atoms with Crippen molar-refractivity contribution in [3.05, 3.63) is 0 Å². The number of aliphatic hydroxyl groups is 1. The third kappa shape index (κ3) is 66.7. The molecule has 0 radical (unpaired) electrons. The normalized spacial score (nSPS) is 14.1. The lowest BCUT2D eigenvalue weighted by Gasteiger charge is -2.21. The van der Waals surface area contributed by atoms with Gasteiger partial charge in [-0.05, 0) is 43.4 Å². The highest BCUT2D eigenvalue weighted by atomic mass is 31.2. The molecule has 0 aromatic heterocycles. The first-order valence-electron chi connectivity index (χ1n) is 37.8. The van der Waals surface area contributed by atoms with Gasteiger partial charge in [-0.1, -0.05) is 318 Å². The predicted octanol–water partition coefficient (Wildman–Crippen LogP) is 21.0. The van der Waals surface area contributed by atoms with Crippen molar-refractivity contribution in [1.82, 2.24) is 0 Å². The second-order valence-corrected chi connectivity index (χ2v) is 30.7.